The van der Waals surface area contributed by atoms with Crippen LogP contribution in [-0.4, -0.2) is 14.2 Å². The monoisotopic (exact) mass is 202 g/mol. The molecule has 0 aromatic heterocycles. The van der Waals surface area contributed by atoms with E-state index in [0.717, 1.165) is 0 Å². The molecule has 0 unspecified atom stereocenters. The lowest BCUT2D eigenvalue weighted by Crippen LogP contribution is -2.07. The van der Waals surface area contributed by atoms with Gasteiger partial charge in [-0.05, 0) is 6.07 Å². The van der Waals surface area contributed by atoms with E-state index in [9.17, 15) is 12.8 Å². The topological polar surface area (TPSA) is 34.1 Å². The molecule has 1 aromatic rings. The Morgan fingerprint density at radius 1 is 1.31 bits per heavy atom. The summed E-state index contributed by atoms with van der Waals surface area (Å²) in [6, 6.07) is 5.92. The smallest absolute Gasteiger partial charge is 0.154 e. The lowest BCUT2D eigenvalue weighted by atomic mass is 10.2. The van der Waals surface area contributed by atoms with E-state index in [4.69, 9.17) is 0 Å². The first-order valence-corrected chi connectivity index (χ1v) is 5.81. The highest BCUT2D eigenvalue weighted by atomic mass is 32.2. The van der Waals surface area contributed by atoms with E-state index in [1.165, 1.54) is 18.2 Å². The van der Waals surface area contributed by atoms with Crippen molar-refractivity contribution >= 4 is 9.84 Å². The van der Waals surface area contributed by atoms with Gasteiger partial charge < -0.3 is 0 Å². The Morgan fingerprint density at radius 3 is 2.46 bits per heavy atom. The number of halogens is 1. The quantitative estimate of drug-likeness (QED) is 0.748. The van der Waals surface area contributed by atoms with Gasteiger partial charge >= 0.3 is 0 Å². The molecule has 13 heavy (non-hydrogen) atoms. The molecule has 0 amide bonds. The Labute approximate surface area is 77.3 Å². The fraction of sp³-hybridized carbons (Fsp3) is 0.333. The van der Waals surface area contributed by atoms with Gasteiger partial charge in [-0.2, -0.15) is 0 Å². The lowest BCUT2D eigenvalue weighted by molar-refractivity contribution is 0.588. The SMILES string of the molecule is CCS(=O)(=O)Cc1ccccc1F. The van der Waals surface area contributed by atoms with Crippen LogP contribution in [0.3, 0.4) is 0 Å². The van der Waals surface area contributed by atoms with E-state index >= 15 is 0 Å². The predicted molar refractivity (Wildman–Crippen MR) is 49.6 cm³/mol. The van der Waals surface area contributed by atoms with Gasteiger partial charge in [-0.15, -0.1) is 0 Å². The summed E-state index contributed by atoms with van der Waals surface area (Å²) in [6.07, 6.45) is 0. The Balaban J connectivity index is 2.93. The Bertz CT molecular complexity index is 384. The molecule has 0 heterocycles. The number of hydrogen-bond donors (Lipinski definition) is 0. The molecule has 0 radical (unpaired) electrons. The minimum Gasteiger partial charge on any atom is -0.229 e. The molecule has 0 aliphatic heterocycles. The Morgan fingerprint density at radius 2 is 1.92 bits per heavy atom. The van der Waals surface area contributed by atoms with Crippen molar-refractivity contribution in [1.82, 2.24) is 0 Å². The zero-order valence-corrected chi connectivity index (χ0v) is 8.14. The number of sulfone groups is 1. The molecule has 4 heteroatoms. The van der Waals surface area contributed by atoms with E-state index in [1.54, 1.807) is 13.0 Å². The van der Waals surface area contributed by atoms with Crippen molar-refractivity contribution in [3.05, 3.63) is 35.6 Å². The van der Waals surface area contributed by atoms with Gasteiger partial charge in [-0.1, -0.05) is 25.1 Å². The number of hydrogen-bond acceptors (Lipinski definition) is 2. The van der Waals surface area contributed by atoms with Crippen molar-refractivity contribution in [3.63, 3.8) is 0 Å². The molecule has 1 rings (SSSR count). The summed E-state index contributed by atoms with van der Waals surface area (Å²) in [5.74, 6) is -0.628. The molecule has 0 aliphatic carbocycles. The van der Waals surface area contributed by atoms with Crippen molar-refractivity contribution in [3.8, 4) is 0 Å². The highest BCUT2D eigenvalue weighted by Crippen LogP contribution is 2.10. The fourth-order valence-electron chi connectivity index (χ4n) is 0.954. The van der Waals surface area contributed by atoms with Crippen molar-refractivity contribution in [1.29, 1.82) is 0 Å². The van der Waals surface area contributed by atoms with Gasteiger partial charge in [0.25, 0.3) is 0 Å². The third-order valence-corrected chi connectivity index (χ3v) is 3.40. The van der Waals surface area contributed by atoms with E-state index in [2.05, 4.69) is 0 Å². The second-order valence-corrected chi connectivity index (χ2v) is 5.12. The number of rotatable bonds is 3. The molecular formula is C9H11FO2S. The standard InChI is InChI=1S/C9H11FO2S/c1-2-13(11,12)7-8-5-3-4-6-9(8)10/h3-6H,2,7H2,1H3. The van der Waals surface area contributed by atoms with Crippen LogP contribution in [0.4, 0.5) is 4.39 Å². The molecule has 1 aromatic carbocycles. The largest absolute Gasteiger partial charge is 0.229 e. The molecule has 0 N–H and O–H groups in total. The Hall–Kier alpha value is -0.900. The summed E-state index contributed by atoms with van der Waals surface area (Å²) in [4.78, 5) is 0. The van der Waals surface area contributed by atoms with E-state index in [-0.39, 0.29) is 17.1 Å². The first-order valence-electron chi connectivity index (χ1n) is 3.99. The first kappa shape index (κ1) is 10.2. The van der Waals surface area contributed by atoms with E-state index in [1.807, 2.05) is 0 Å². The molecule has 0 saturated carbocycles. The van der Waals surface area contributed by atoms with Crippen LogP contribution < -0.4 is 0 Å². The predicted octanol–water partition coefficient (Wildman–Crippen LogP) is 1.76. The highest BCUT2D eigenvalue weighted by Gasteiger charge is 2.11. The van der Waals surface area contributed by atoms with Gasteiger partial charge in [0, 0.05) is 11.3 Å². The summed E-state index contributed by atoms with van der Waals surface area (Å²) in [6.45, 7) is 1.55. The van der Waals surface area contributed by atoms with E-state index < -0.39 is 15.7 Å². The van der Waals surface area contributed by atoms with E-state index in [0.29, 0.717) is 0 Å². The van der Waals surface area contributed by atoms with Crippen LogP contribution in [0.2, 0.25) is 0 Å². The zero-order chi connectivity index (χ0) is 9.90. The van der Waals surface area contributed by atoms with Gasteiger partial charge in [0.2, 0.25) is 0 Å². The van der Waals surface area contributed by atoms with Gasteiger partial charge in [-0.25, -0.2) is 12.8 Å². The summed E-state index contributed by atoms with van der Waals surface area (Å²) >= 11 is 0. The second-order valence-electron chi connectivity index (χ2n) is 2.77. The fourth-order valence-corrected chi connectivity index (χ4v) is 1.87. The molecule has 0 fully saturated rings. The summed E-state index contributed by atoms with van der Waals surface area (Å²) in [5, 5.41) is 0. The van der Waals surface area contributed by atoms with Gasteiger partial charge in [0.1, 0.15) is 5.82 Å². The molecule has 0 aliphatic rings. The molecule has 0 spiro atoms. The van der Waals surface area contributed by atoms with Crippen molar-refractivity contribution in [2.45, 2.75) is 12.7 Å². The molecular weight excluding hydrogens is 191 g/mol. The van der Waals surface area contributed by atoms with Crippen molar-refractivity contribution in [2.24, 2.45) is 0 Å². The Kier molecular flexibility index (Phi) is 3.03. The minimum absolute atomic E-state index is 0.0430. The number of benzene rings is 1. The molecule has 2 nitrogen and oxygen atoms in total. The molecule has 0 bridgehead atoms. The van der Waals surface area contributed by atoms with Crippen LogP contribution in [0, 0.1) is 5.82 Å². The lowest BCUT2D eigenvalue weighted by Gasteiger charge is -2.02. The highest BCUT2D eigenvalue weighted by molar-refractivity contribution is 7.90. The maximum atomic E-state index is 13.0. The van der Waals surface area contributed by atoms with Gasteiger partial charge in [0.15, 0.2) is 9.84 Å². The first-order chi connectivity index (χ1) is 6.05. The third-order valence-electron chi connectivity index (χ3n) is 1.77. The van der Waals surface area contributed by atoms with Crippen LogP contribution in [0.1, 0.15) is 12.5 Å². The maximum Gasteiger partial charge on any atom is 0.154 e. The van der Waals surface area contributed by atoms with Gasteiger partial charge in [0.05, 0.1) is 5.75 Å². The van der Waals surface area contributed by atoms with Crippen molar-refractivity contribution < 1.29 is 12.8 Å². The summed E-state index contributed by atoms with van der Waals surface area (Å²) < 4.78 is 35.3. The molecule has 0 atom stereocenters. The second kappa shape index (κ2) is 3.87. The van der Waals surface area contributed by atoms with Crippen LogP contribution in [0.5, 0.6) is 0 Å². The van der Waals surface area contributed by atoms with Crippen molar-refractivity contribution in [2.75, 3.05) is 5.75 Å². The zero-order valence-electron chi connectivity index (χ0n) is 7.33. The van der Waals surface area contributed by atoms with Crippen LogP contribution in [0.15, 0.2) is 24.3 Å². The van der Waals surface area contributed by atoms with Gasteiger partial charge in [-0.3, -0.25) is 0 Å². The van der Waals surface area contributed by atoms with Crippen LogP contribution in [-0.2, 0) is 15.6 Å². The van der Waals surface area contributed by atoms with Crippen LogP contribution >= 0.6 is 0 Å². The third kappa shape index (κ3) is 2.81. The summed E-state index contributed by atoms with van der Waals surface area (Å²) in [7, 11) is -3.14. The average Bonchev–Trinajstić information content (AvgIpc) is 2.09. The normalized spacial score (nSPS) is 11.5. The molecule has 72 valence electrons. The average molecular weight is 202 g/mol. The minimum atomic E-state index is -3.14. The van der Waals surface area contributed by atoms with Crippen LogP contribution in [0.25, 0.3) is 0 Å². The maximum absolute atomic E-state index is 13.0. The summed E-state index contributed by atoms with van der Waals surface area (Å²) in [5.41, 5.74) is 0.240. The molecule has 0 saturated heterocycles.